The Morgan fingerprint density at radius 2 is 1.91 bits per heavy atom. The topological polar surface area (TPSA) is 106 Å². The highest BCUT2D eigenvalue weighted by molar-refractivity contribution is 7.13. The fourth-order valence-electron chi connectivity index (χ4n) is 4.36. The van der Waals surface area contributed by atoms with Crippen molar-refractivity contribution in [3.8, 4) is 10.7 Å². The Kier molecular flexibility index (Phi) is 7.35. The van der Waals surface area contributed by atoms with Gasteiger partial charge in [0.1, 0.15) is 12.6 Å². The minimum Gasteiger partial charge on any atom is -0.349 e. The van der Waals surface area contributed by atoms with Gasteiger partial charge in [-0.1, -0.05) is 25.3 Å². The van der Waals surface area contributed by atoms with Gasteiger partial charge >= 0.3 is 0 Å². The lowest BCUT2D eigenvalue weighted by atomic mass is 9.91. The zero-order valence-electron chi connectivity index (χ0n) is 19.8. The number of nitrogens with zero attached hydrogens (tertiary/aromatic N) is 6. The summed E-state index contributed by atoms with van der Waals surface area (Å²) in [6, 6.07) is 6.64. The summed E-state index contributed by atoms with van der Waals surface area (Å²) in [7, 11) is 0. The van der Waals surface area contributed by atoms with Crippen LogP contribution in [0.3, 0.4) is 0 Å². The normalized spacial score (nSPS) is 15.6. The van der Waals surface area contributed by atoms with E-state index in [1.165, 1.54) is 16.1 Å². The average molecular weight is 482 g/mol. The Morgan fingerprint density at radius 3 is 2.56 bits per heavy atom. The molecule has 1 saturated carbocycles. The first-order valence-corrected chi connectivity index (χ1v) is 12.5. The van der Waals surface area contributed by atoms with Gasteiger partial charge in [0.25, 0.3) is 0 Å². The molecular weight excluding hydrogens is 450 g/mol. The quantitative estimate of drug-likeness (QED) is 0.553. The molecule has 34 heavy (non-hydrogen) atoms. The molecule has 3 aromatic rings. The standard InChI is InChI=1S/C24H31N7O2S/c1-24(2,3)26-23(33)21(17-11-13-25-14-12-17)31(18-8-5-4-6-9-18)20(32)16-30-28-22(27-29-30)19-10-7-15-34-19/h7,10-15,18,21H,4-6,8-9,16H2,1-3H3,(H,26,33)/t21-/m1/s1. The third kappa shape index (κ3) is 5.85. The smallest absolute Gasteiger partial charge is 0.247 e. The fourth-order valence-corrected chi connectivity index (χ4v) is 5.00. The van der Waals surface area contributed by atoms with Crippen LogP contribution in [-0.4, -0.2) is 53.5 Å². The van der Waals surface area contributed by atoms with Crippen molar-refractivity contribution in [3.05, 3.63) is 47.6 Å². The largest absolute Gasteiger partial charge is 0.349 e. The Balaban J connectivity index is 1.66. The van der Waals surface area contributed by atoms with Crippen LogP contribution in [0.25, 0.3) is 10.7 Å². The Bertz CT molecular complexity index is 1090. The minimum atomic E-state index is -0.766. The molecule has 1 N–H and O–H groups in total. The van der Waals surface area contributed by atoms with Gasteiger partial charge in [0, 0.05) is 24.0 Å². The number of carbonyl (C=O) groups excluding carboxylic acids is 2. The van der Waals surface area contributed by atoms with Gasteiger partial charge in [-0.05, 0) is 68.0 Å². The van der Waals surface area contributed by atoms with Crippen LogP contribution in [0.1, 0.15) is 64.5 Å². The maximum absolute atomic E-state index is 13.8. The van der Waals surface area contributed by atoms with E-state index in [9.17, 15) is 9.59 Å². The molecule has 0 saturated heterocycles. The summed E-state index contributed by atoms with van der Waals surface area (Å²) in [4.78, 5) is 35.5. The highest BCUT2D eigenvalue weighted by Gasteiger charge is 2.38. The summed E-state index contributed by atoms with van der Waals surface area (Å²) in [5.41, 5.74) is 0.300. The van der Waals surface area contributed by atoms with Crippen molar-refractivity contribution < 1.29 is 9.59 Å². The van der Waals surface area contributed by atoms with E-state index in [1.54, 1.807) is 29.4 Å². The minimum absolute atomic E-state index is 0.0366. The predicted molar refractivity (Wildman–Crippen MR) is 130 cm³/mol. The first-order valence-electron chi connectivity index (χ1n) is 11.7. The predicted octanol–water partition coefficient (Wildman–Crippen LogP) is 3.61. The van der Waals surface area contributed by atoms with E-state index in [0.29, 0.717) is 5.82 Å². The maximum Gasteiger partial charge on any atom is 0.247 e. The summed E-state index contributed by atoms with van der Waals surface area (Å²) in [5.74, 6) is 0.0829. The molecule has 1 aliphatic carbocycles. The van der Waals surface area contributed by atoms with E-state index < -0.39 is 11.6 Å². The Hall–Kier alpha value is -3.14. The second-order valence-corrected chi connectivity index (χ2v) is 10.6. The van der Waals surface area contributed by atoms with E-state index in [2.05, 4.69) is 25.7 Å². The zero-order chi connectivity index (χ0) is 24.1. The molecule has 4 rings (SSSR count). The van der Waals surface area contributed by atoms with Crippen LogP contribution in [0, 0.1) is 0 Å². The average Bonchev–Trinajstić information content (AvgIpc) is 3.49. The number of carbonyl (C=O) groups is 2. The number of amides is 2. The van der Waals surface area contributed by atoms with Crippen molar-refractivity contribution in [2.45, 2.75) is 77.0 Å². The van der Waals surface area contributed by atoms with Gasteiger partial charge < -0.3 is 10.2 Å². The molecule has 3 aromatic heterocycles. The van der Waals surface area contributed by atoms with Gasteiger partial charge in [-0.25, -0.2) is 0 Å². The van der Waals surface area contributed by atoms with Gasteiger partial charge in [-0.3, -0.25) is 14.6 Å². The highest BCUT2D eigenvalue weighted by atomic mass is 32.1. The third-order valence-corrected chi connectivity index (χ3v) is 6.64. The van der Waals surface area contributed by atoms with Crippen molar-refractivity contribution in [1.29, 1.82) is 0 Å². The first-order chi connectivity index (χ1) is 16.3. The molecule has 0 bridgehead atoms. The molecule has 10 heteroatoms. The second-order valence-electron chi connectivity index (χ2n) is 9.64. The molecule has 0 aliphatic heterocycles. The van der Waals surface area contributed by atoms with Crippen LogP contribution >= 0.6 is 11.3 Å². The summed E-state index contributed by atoms with van der Waals surface area (Å²) in [6.07, 6.45) is 8.24. The lowest BCUT2D eigenvalue weighted by molar-refractivity contribution is -0.146. The number of hydrogen-bond acceptors (Lipinski definition) is 7. The van der Waals surface area contributed by atoms with Gasteiger partial charge in [-0.2, -0.15) is 4.80 Å². The number of tetrazole rings is 1. The Morgan fingerprint density at radius 1 is 1.18 bits per heavy atom. The fraction of sp³-hybridized carbons (Fsp3) is 0.500. The second kappa shape index (κ2) is 10.4. The van der Waals surface area contributed by atoms with Gasteiger partial charge in [0.2, 0.25) is 17.6 Å². The molecule has 1 aliphatic rings. The number of pyridine rings is 1. The number of aromatic nitrogens is 5. The number of rotatable bonds is 7. The molecule has 2 amide bonds. The Labute approximate surface area is 203 Å². The molecular formula is C24H31N7O2S. The molecule has 1 fully saturated rings. The van der Waals surface area contributed by atoms with Gasteiger partial charge in [0.15, 0.2) is 0 Å². The molecule has 180 valence electrons. The van der Waals surface area contributed by atoms with Crippen LogP contribution in [0.15, 0.2) is 42.0 Å². The number of nitrogens with one attached hydrogen (secondary N) is 1. The molecule has 0 aromatic carbocycles. The monoisotopic (exact) mass is 481 g/mol. The molecule has 1 atom stereocenters. The van der Waals surface area contributed by atoms with Crippen LogP contribution in [0.2, 0.25) is 0 Å². The third-order valence-electron chi connectivity index (χ3n) is 5.77. The highest BCUT2D eigenvalue weighted by Crippen LogP contribution is 2.31. The van der Waals surface area contributed by atoms with Crippen molar-refractivity contribution >= 4 is 23.2 Å². The SMILES string of the molecule is CC(C)(C)NC(=O)[C@@H](c1ccncc1)N(C(=O)Cn1nnc(-c2cccs2)n1)C1CCCCC1. The van der Waals surface area contributed by atoms with Crippen LogP contribution in [0.4, 0.5) is 0 Å². The lowest BCUT2D eigenvalue weighted by Crippen LogP contribution is -2.53. The molecule has 3 heterocycles. The van der Waals surface area contributed by atoms with E-state index in [1.807, 2.05) is 38.3 Å². The van der Waals surface area contributed by atoms with E-state index in [0.717, 1.165) is 42.5 Å². The maximum atomic E-state index is 13.8. The molecule has 9 nitrogen and oxygen atoms in total. The van der Waals surface area contributed by atoms with Gasteiger partial charge in [0.05, 0.1) is 4.88 Å². The van der Waals surface area contributed by atoms with E-state index in [-0.39, 0.29) is 24.4 Å². The summed E-state index contributed by atoms with van der Waals surface area (Å²) >= 11 is 1.52. The first kappa shape index (κ1) is 24.0. The molecule has 0 radical (unpaired) electrons. The summed E-state index contributed by atoms with van der Waals surface area (Å²) in [5, 5.41) is 17.6. The van der Waals surface area contributed by atoms with Crippen molar-refractivity contribution in [2.75, 3.05) is 0 Å². The van der Waals surface area contributed by atoms with Crippen molar-refractivity contribution in [2.24, 2.45) is 0 Å². The zero-order valence-corrected chi connectivity index (χ0v) is 20.7. The van der Waals surface area contributed by atoms with Crippen LogP contribution in [-0.2, 0) is 16.1 Å². The van der Waals surface area contributed by atoms with E-state index in [4.69, 9.17) is 0 Å². The van der Waals surface area contributed by atoms with Crippen LogP contribution in [0.5, 0.6) is 0 Å². The number of thiophene rings is 1. The summed E-state index contributed by atoms with van der Waals surface area (Å²) in [6.45, 7) is 5.73. The van der Waals surface area contributed by atoms with E-state index >= 15 is 0 Å². The lowest BCUT2D eigenvalue weighted by Gasteiger charge is -2.40. The summed E-state index contributed by atoms with van der Waals surface area (Å²) < 4.78 is 0. The molecule has 0 spiro atoms. The number of hydrogen-bond donors (Lipinski definition) is 1. The van der Waals surface area contributed by atoms with Crippen molar-refractivity contribution in [3.63, 3.8) is 0 Å². The van der Waals surface area contributed by atoms with Crippen molar-refractivity contribution in [1.82, 2.24) is 35.4 Å². The van der Waals surface area contributed by atoms with Gasteiger partial charge in [-0.15, -0.1) is 21.5 Å². The molecule has 0 unspecified atom stereocenters. The van der Waals surface area contributed by atoms with Crippen LogP contribution < -0.4 is 5.32 Å².